The number of nitrogen functional groups attached to an aromatic ring is 2. The van der Waals surface area contributed by atoms with Crippen molar-refractivity contribution < 1.29 is 57.7 Å². The minimum absolute atomic E-state index is 0.0838. The van der Waals surface area contributed by atoms with Crippen LogP contribution < -0.4 is 16.6 Å². The Labute approximate surface area is 387 Å². The Bertz CT molecular complexity index is 2150. The van der Waals surface area contributed by atoms with Gasteiger partial charge in [0.2, 0.25) is 1.43 Å². The van der Waals surface area contributed by atoms with Gasteiger partial charge in [0.25, 0.3) is 0 Å². The average molecular weight is 974 g/mol. The summed E-state index contributed by atoms with van der Waals surface area (Å²) in [6, 6.07) is -0.885. The van der Waals surface area contributed by atoms with Gasteiger partial charge in [-0.2, -0.15) is 0 Å². The molecule has 4 heterocycles. The van der Waals surface area contributed by atoms with Crippen LogP contribution in [0.1, 0.15) is 92.9 Å². The van der Waals surface area contributed by atoms with Gasteiger partial charge >= 0.3 is 19.5 Å². The third-order valence-electron chi connectivity index (χ3n) is 10.4. The molecule has 4 rings (SSSR count). The number of anilines is 2. The van der Waals surface area contributed by atoms with Crippen molar-refractivity contribution in [2.24, 2.45) is 17.8 Å². The number of aliphatic hydroxyl groups excluding tert-OH is 2. The molecule has 5 atom stereocenters. The molecule has 66 heavy (non-hydrogen) atoms. The normalized spacial score (nSPS) is 14.9. The number of carbonyl (C=O) groups is 2. The Morgan fingerprint density at radius 2 is 1.29 bits per heavy atom. The Morgan fingerprint density at radius 1 is 0.758 bits per heavy atom. The summed E-state index contributed by atoms with van der Waals surface area (Å²) in [4.78, 5) is 68.7. The van der Waals surface area contributed by atoms with Crippen LogP contribution >= 0.6 is 14.9 Å². The van der Waals surface area contributed by atoms with Crippen LogP contribution in [-0.2, 0) is 50.8 Å². The lowest BCUT2D eigenvalue weighted by Gasteiger charge is -2.31. The number of aromatic nitrogens is 8. The van der Waals surface area contributed by atoms with E-state index in [1.807, 2.05) is 27.7 Å². The van der Waals surface area contributed by atoms with Crippen molar-refractivity contribution in [2.75, 3.05) is 56.8 Å². The summed E-state index contributed by atoms with van der Waals surface area (Å²) in [6.07, 6.45) is 9.61. The summed E-state index contributed by atoms with van der Waals surface area (Å²) >= 11 is 0. The molecule has 0 saturated carbocycles. The quantitative estimate of drug-likeness (QED) is 0.0212. The lowest BCUT2D eigenvalue weighted by Crippen LogP contribution is -2.43. The number of hydrogen-bond acceptors (Lipinski definition) is 18. The Morgan fingerprint density at radius 3 is 1.77 bits per heavy atom. The predicted molar refractivity (Wildman–Crippen MR) is 248 cm³/mol. The molecule has 9 N–H and O–H groups in total. The second kappa shape index (κ2) is 28.2. The average Bonchev–Trinajstić information content (AvgIpc) is 3.90. The monoisotopic (exact) mass is 973 g/mol. The fourth-order valence-electron chi connectivity index (χ4n) is 6.63. The van der Waals surface area contributed by atoms with Gasteiger partial charge in [-0.3, -0.25) is 19.2 Å². The molecule has 0 spiro atoms. The van der Waals surface area contributed by atoms with Crippen LogP contribution in [-0.4, -0.2) is 136 Å². The van der Waals surface area contributed by atoms with E-state index in [0.29, 0.717) is 41.8 Å². The number of nitrogens with one attached hydrogen (secondary N) is 1. The van der Waals surface area contributed by atoms with Crippen LogP contribution in [0.15, 0.2) is 25.3 Å². The number of rotatable bonds is 31. The number of carbonyl (C=O) groups excluding carboxylic acids is 2. The van der Waals surface area contributed by atoms with Gasteiger partial charge in [-0.15, -0.1) is 0 Å². The van der Waals surface area contributed by atoms with Crippen molar-refractivity contribution in [1.29, 1.82) is 1.43 Å². The largest absolute Gasteiger partial charge is 0.465 e. The molecule has 0 aliphatic rings. The van der Waals surface area contributed by atoms with Crippen molar-refractivity contribution in [3.05, 3.63) is 25.3 Å². The molecule has 0 amide bonds. The number of hydrogen-bond donors (Lipinski definition) is 7. The zero-order chi connectivity index (χ0) is 49.6. The van der Waals surface area contributed by atoms with E-state index in [4.69, 9.17) is 41.6 Å². The summed E-state index contributed by atoms with van der Waals surface area (Å²) in [5.74, 6) is -1.58. The standard InChI is InChI=1S/C30H53N6O7P.C11H18N5O5P/c1-7-9-11-13-41-29(38)24(21(3)4)17-44(40,35-25(22(5)6)30(39)42-14-12-10-8-2)20-43-23(16-37)15-36-19-34-26-27(31)32-18-33-28(26)36;12-10-9-11(14-5-13-10)16(6-15-9)4-8(2-1-3-17)21-7-22(18,19)20/h18-19,21-25,37H,7-17,20H2,1-6H3,(H,35,40)(H2,31,32,33);5-6,8,17H,1-4,7H2,(H2,12,13,14)(H2,18,19,20)/t23-,24-,25-,44?;8-/m01/s1/i;17T. The molecule has 25 heteroatoms. The molecule has 0 bridgehead atoms. The highest BCUT2D eigenvalue weighted by atomic mass is 31.2. The molecule has 0 saturated heterocycles. The van der Waals surface area contributed by atoms with Gasteiger partial charge in [0.1, 0.15) is 42.4 Å². The zero-order valence-electron chi connectivity index (χ0n) is 39.9. The third kappa shape index (κ3) is 18.5. The zero-order valence-corrected chi connectivity index (χ0v) is 40.7. The SMILES string of the molecule is CCCCCOC(=O)[C@@H](CP(=O)(CO[C@H](CO)Cn1cnc2c(N)ncnc21)N[C@H](C(=O)OCCCCC)C(C)C)C(C)C.[3H]OCCC[C@H](Cn1cnc2c(N)ncnc21)OCP(=O)(O)O. The number of imidazole rings is 2. The molecule has 0 aliphatic carbocycles. The van der Waals surface area contributed by atoms with E-state index in [-0.39, 0.29) is 68.9 Å². The molecule has 372 valence electrons. The van der Waals surface area contributed by atoms with Crippen LogP contribution in [0, 0.1) is 17.8 Å². The van der Waals surface area contributed by atoms with E-state index >= 15 is 0 Å². The van der Waals surface area contributed by atoms with Crippen molar-refractivity contribution in [3.63, 3.8) is 0 Å². The summed E-state index contributed by atoms with van der Waals surface area (Å²) in [7, 11) is -7.87. The van der Waals surface area contributed by atoms with Crippen molar-refractivity contribution in [2.45, 2.75) is 124 Å². The molecular formula is C41H71N11O12P2. The van der Waals surface area contributed by atoms with E-state index in [0.717, 1.165) is 38.5 Å². The van der Waals surface area contributed by atoms with Crippen LogP contribution in [0.2, 0.25) is 0 Å². The fourth-order valence-corrected chi connectivity index (χ4v) is 9.88. The van der Waals surface area contributed by atoms with E-state index < -0.39 is 57.3 Å². The molecule has 0 aliphatic heterocycles. The number of unbranched alkanes of at least 4 members (excludes halogenated alkanes) is 4. The topological polar surface area (TPSA) is 337 Å². The molecule has 0 aromatic carbocycles. The first-order valence-corrected chi connectivity index (χ1v) is 26.2. The fraction of sp³-hybridized carbons (Fsp3) is 0.707. The van der Waals surface area contributed by atoms with Gasteiger partial charge in [-0.05, 0) is 37.5 Å². The number of ether oxygens (including phenoxy) is 4. The molecule has 0 radical (unpaired) electrons. The molecule has 4 aromatic rings. The first kappa shape index (κ1) is 54.4. The van der Waals surface area contributed by atoms with Crippen molar-refractivity contribution >= 4 is 60.8 Å². The summed E-state index contributed by atoms with van der Waals surface area (Å²) in [5, 5.41) is 17.5. The first-order valence-electron chi connectivity index (χ1n) is 22.8. The summed E-state index contributed by atoms with van der Waals surface area (Å²) in [6.45, 7) is 12.4. The Balaban J connectivity index is 0.000000432. The lowest BCUT2D eigenvalue weighted by atomic mass is 9.98. The van der Waals surface area contributed by atoms with Gasteiger partial charge in [0.05, 0.1) is 63.7 Å². The second-order valence-corrected chi connectivity index (χ2v) is 21.0. The highest BCUT2D eigenvalue weighted by Crippen LogP contribution is 2.46. The summed E-state index contributed by atoms with van der Waals surface area (Å²) in [5.41, 5.74) is 13.5. The number of aliphatic hydroxyl groups is 2. The number of nitrogens with zero attached hydrogens (tertiary/aromatic N) is 8. The Kier molecular flexibility index (Phi) is 23.3. The van der Waals surface area contributed by atoms with Crippen LogP contribution in [0.5, 0.6) is 0 Å². The van der Waals surface area contributed by atoms with Gasteiger partial charge in [0, 0.05) is 12.8 Å². The van der Waals surface area contributed by atoms with E-state index in [1.54, 1.807) is 9.13 Å². The van der Waals surface area contributed by atoms with Gasteiger partial charge in [-0.25, -0.2) is 29.9 Å². The van der Waals surface area contributed by atoms with Gasteiger partial charge in [0.15, 0.2) is 30.2 Å². The number of esters is 2. The maximum atomic E-state index is 14.7. The number of nitrogens with two attached hydrogens (primary N) is 2. The van der Waals surface area contributed by atoms with Crippen molar-refractivity contribution in [1.82, 2.24) is 44.1 Å². The highest BCUT2D eigenvalue weighted by molar-refractivity contribution is 7.61. The molecule has 0 fully saturated rings. The molecular weight excluding hydrogens is 900 g/mol. The molecule has 1 unspecified atom stereocenters. The first-order chi connectivity index (χ1) is 31.9. The maximum Gasteiger partial charge on any atom is 0.350 e. The molecule has 23 nitrogen and oxygen atoms in total. The van der Waals surface area contributed by atoms with E-state index in [2.05, 4.69) is 53.9 Å². The minimum atomic E-state index is -4.27. The molecule has 4 aromatic heterocycles. The Hall–Kier alpha value is -4.18. The van der Waals surface area contributed by atoms with Crippen molar-refractivity contribution in [3.8, 4) is 0 Å². The number of fused-ring (bicyclic) bond motifs is 2. The minimum Gasteiger partial charge on any atom is -0.465 e. The smallest absolute Gasteiger partial charge is 0.350 e. The lowest BCUT2D eigenvalue weighted by molar-refractivity contribution is -0.149. The van der Waals surface area contributed by atoms with Crippen LogP contribution in [0.4, 0.5) is 11.6 Å². The third-order valence-corrected chi connectivity index (χ3v) is 13.2. The highest BCUT2D eigenvalue weighted by Gasteiger charge is 2.39. The van der Waals surface area contributed by atoms with Crippen LogP contribution in [0.3, 0.4) is 0 Å². The van der Waals surface area contributed by atoms with Gasteiger partial charge in [-0.1, -0.05) is 67.2 Å². The van der Waals surface area contributed by atoms with E-state index in [1.165, 1.54) is 25.3 Å². The predicted octanol–water partition coefficient (Wildman–Crippen LogP) is 4.08. The maximum absolute atomic E-state index is 14.7. The van der Waals surface area contributed by atoms with E-state index in [9.17, 15) is 23.8 Å². The second-order valence-electron chi connectivity index (χ2n) is 16.7. The summed E-state index contributed by atoms with van der Waals surface area (Å²) < 4.78 is 58.1. The van der Waals surface area contributed by atoms with Crippen LogP contribution in [0.25, 0.3) is 22.3 Å². The van der Waals surface area contributed by atoms with Gasteiger partial charge < -0.3 is 64.1 Å².